The van der Waals surface area contributed by atoms with E-state index in [0.29, 0.717) is 30.3 Å². The molecular formula is C15H14BrN7O. The molecule has 0 bridgehead atoms. The van der Waals surface area contributed by atoms with Crippen LogP contribution >= 0.6 is 15.9 Å². The lowest BCUT2D eigenvalue weighted by Gasteiger charge is -2.07. The van der Waals surface area contributed by atoms with Crippen LogP contribution in [0.4, 0.5) is 5.82 Å². The second-order valence-electron chi connectivity index (χ2n) is 4.80. The van der Waals surface area contributed by atoms with Gasteiger partial charge in [-0.3, -0.25) is 9.78 Å². The molecule has 0 aliphatic rings. The highest BCUT2D eigenvalue weighted by molar-refractivity contribution is 9.10. The number of amides is 1. The van der Waals surface area contributed by atoms with Gasteiger partial charge < -0.3 is 10.6 Å². The van der Waals surface area contributed by atoms with Crippen LogP contribution in [-0.2, 0) is 0 Å². The van der Waals surface area contributed by atoms with Gasteiger partial charge in [-0.2, -0.15) is 5.10 Å². The molecule has 2 N–H and O–H groups in total. The molecule has 0 fully saturated rings. The minimum Gasteiger partial charge on any atom is -0.367 e. The summed E-state index contributed by atoms with van der Waals surface area (Å²) in [7, 11) is 0. The van der Waals surface area contributed by atoms with E-state index in [-0.39, 0.29) is 5.91 Å². The second kappa shape index (κ2) is 7.64. The number of carbonyl (C=O) groups excluding carboxylic acids is 1. The first-order valence-corrected chi connectivity index (χ1v) is 7.98. The monoisotopic (exact) mass is 387 g/mol. The smallest absolute Gasteiger partial charge is 0.252 e. The highest BCUT2D eigenvalue weighted by Gasteiger charge is 2.05. The van der Waals surface area contributed by atoms with E-state index < -0.39 is 0 Å². The largest absolute Gasteiger partial charge is 0.367 e. The molecule has 3 aromatic rings. The minimum absolute atomic E-state index is 0.175. The quantitative estimate of drug-likeness (QED) is 0.624. The molecule has 1 amide bonds. The Morgan fingerprint density at radius 2 is 2.12 bits per heavy atom. The third-order valence-corrected chi connectivity index (χ3v) is 3.51. The van der Waals surface area contributed by atoms with Crippen LogP contribution in [0.5, 0.6) is 0 Å². The van der Waals surface area contributed by atoms with Gasteiger partial charge >= 0.3 is 0 Å². The fourth-order valence-corrected chi connectivity index (χ4v) is 2.32. The molecule has 3 rings (SSSR count). The first-order chi connectivity index (χ1) is 11.7. The van der Waals surface area contributed by atoms with Gasteiger partial charge in [-0.15, -0.1) is 10.2 Å². The average molecular weight is 388 g/mol. The number of rotatable bonds is 6. The Morgan fingerprint density at radius 1 is 1.21 bits per heavy atom. The Morgan fingerprint density at radius 3 is 2.83 bits per heavy atom. The summed E-state index contributed by atoms with van der Waals surface area (Å²) in [6.45, 7) is 0.983. The maximum absolute atomic E-state index is 11.9. The van der Waals surface area contributed by atoms with E-state index in [0.717, 1.165) is 4.47 Å². The lowest BCUT2D eigenvalue weighted by atomic mass is 10.3. The van der Waals surface area contributed by atoms with Crippen molar-refractivity contribution in [3.63, 3.8) is 0 Å². The maximum atomic E-state index is 11.9. The third kappa shape index (κ3) is 4.13. The topological polar surface area (TPSA) is 97.6 Å². The number of hydrogen-bond donors (Lipinski definition) is 2. The van der Waals surface area contributed by atoms with E-state index in [1.807, 2.05) is 18.2 Å². The summed E-state index contributed by atoms with van der Waals surface area (Å²) in [6, 6.07) is 7.16. The fourth-order valence-electron chi connectivity index (χ4n) is 1.95. The summed E-state index contributed by atoms with van der Waals surface area (Å²) >= 11 is 3.29. The molecular weight excluding hydrogens is 374 g/mol. The molecule has 0 aromatic carbocycles. The number of pyridine rings is 1. The molecule has 0 saturated heterocycles. The highest BCUT2D eigenvalue weighted by atomic mass is 79.9. The van der Waals surface area contributed by atoms with Gasteiger partial charge in [0.2, 0.25) is 0 Å². The average Bonchev–Trinajstić information content (AvgIpc) is 3.14. The van der Waals surface area contributed by atoms with E-state index in [1.165, 1.54) is 6.20 Å². The van der Waals surface area contributed by atoms with Crippen molar-refractivity contribution in [1.82, 2.24) is 30.3 Å². The Labute approximate surface area is 146 Å². The summed E-state index contributed by atoms with van der Waals surface area (Å²) in [5.41, 5.74) is 0.507. The summed E-state index contributed by atoms with van der Waals surface area (Å²) in [5, 5.41) is 18.1. The van der Waals surface area contributed by atoms with Crippen molar-refractivity contribution >= 4 is 27.7 Å². The van der Waals surface area contributed by atoms with Crippen molar-refractivity contribution in [1.29, 1.82) is 0 Å². The van der Waals surface area contributed by atoms with Gasteiger partial charge in [0.1, 0.15) is 5.82 Å². The molecule has 0 aliphatic heterocycles. The van der Waals surface area contributed by atoms with Gasteiger partial charge in [-0.05, 0) is 40.2 Å². The Kier molecular flexibility index (Phi) is 5.12. The Hall–Kier alpha value is -2.81. The van der Waals surface area contributed by atoms with Gasteiger partial charge in [0.05, 0.1) is 5.56 Å². The van der Waals surface area contributed by atoms with E-state index in [9.17, 15) is 4.79 Å². The van der Waals surface area contributed by atoms with E-state index >= 15 is 0 Å². The molecule has 0 unspecified atom stereocenters. The van der Waals surface area contributed by atoms with Crippen molar-refractivity contribution in [3.05, 3.63) is 59.1 Å². The predicted octanol–water partition coefficient (Wildman–Crippen LogP) is 1.66. The van der Waals surface area contributed by atoms with Gasteiger partial charge in [-0.25, -0.2) is 4.68 Å². The number of aromatic nitrogens is 5. The molecule has 0 saturated carbocycles. The molecule has 122 valence electrons. The van der Waals surface area contributed by atoms with Gasteiger partial charge in [0.15, 0.2) is 5.82 Å². The van der Waals surface area contributed by atoms with Crippen LogP contribution in [0.2, 0.25) is 0 Å². The first kappa shape index (κ1) is 16.1. The molecule has 0 atom stereocenters. The van der Waals surface area contributed by atoms with E-state index in [2.05, 4.69) is 46.8 Å². The predicted molar refractivity (Wildman–Crippen MR) is 91.9 cm³/mol. The first-order valence-electron chi connectivity index (χ1n) is 7.19. The Bertz CT molecular complexity index is 805. The molecule has 0 radical (unpaired) electrons. The molecule has 24 heavy (non-hydrogen) atoms. The fraction of sp³-hybridized carbons (Fsp3) is 0.133. The van der Waals surface area contributed by atoms with Crippen molar-refractivity contribution < 1.29 is 4.79 Å². The number of halogens is 1. The van der Waals surface area contributed by atoms with Crippen LogP contribution in [0.25, 0.3) is 5.82 Å². The van der Waals surface area contributed by atoms with Gasteiger partial charge in [-0.1, -0.05) is 0 Å². The Balaban J connectivity index is 1.46. The number of carbonyl (C=O) groups is 1. The highest BCUT2D eigenvalue weighted by Crippen LogP contribution is 2.09. The van der Waals surface area contributed by atoms with Gasteiger partial charge in [0, 0.05) is 42.3 Å². The normalized spacial score (nSPS) is 10.4. The number of anilines is 1. The van der Waals surface area contributed by atoms with E-state index in [1.54, 1.807) is 29.3 Å². The van der Waals surface area contributed by atoms with Crippen molar-refractivity contribution in [2.75, 3.05) is 18.4 Å². The molecule has 8 nitrogen and oxygen atoms in total. The van der Waals surface area contributed by atoms with Crippen molar-refractivity contribution in [2.24, 2.45) is 0 Å². The summed E-state index contributed by atoms with van der Waals surface area (Å²) in [6.07, 6.45) is 6.62. The molecule has 0 spiro atoms. The van der Waals surface area contributed by atoms with Gasteiger partial charge in [0.25, 0.3) is 5.91 Å². The van der Waals surface area contributed by atoms with Crippen molar-refractivity contribution in [2.45, 2.75) is 0 Å². The summed E-state index contributed by atoms with van der Waals surface area (Å²) in [5.74, 6) is 1.09. The standard InChI is InChI=1S/C15H14BrN7O/c16-12-8-11(9-17-10-12)15(24)19-6-5-18-13-2-3-14(22-21-13)23-7-1-4-20-23/h1-4,7-10H,5-6H2,(H,18,21)(H,19,24). The van der Waals surface area contributed by atoms with Crippen LogP contribution in [0.15, 0.2) is 53.5 Å². The van der Waals surface area contributed by atoms with Crippen LogP contribution in [0, 0.1) is 0 Å². The number of nitrogens with one attached hydrogen (secondary N) is 2. The summed E-state index contributed by atoms with van der Waals surface area (Å²) < 4.78 is 2.39. The maximum Gasteiger partial charge on any atom is 0.252 e. The zero-order valence-corrected chi connectivity index (χ0v) is 14.1. The molecule has 0 aliphatic carbocycles. The van der Waals surface area contributed by atoms with E-state index in [4.69, 9.17) is 0 Å². The zero-order chi connectivity index (χ0) is 16.8. The van der Waals surface area contributed by atoms with Crippen LogP contribution < -0.4 is 10.6 Å². The molecule has 3 heterocycles. The number of hydrogen-bond acceptors (Lipinski definition) is 6. The lowest BCUT2D eigenvalue weighted by Crippen LogP contribution is -2.29. The van der Waals surface area contributed by atoms with Crippen LogP contribution in [0.1, 0.15) is 10.4 Å². The SMILES string of the molecule is O=C(NCCNc1ccc(-n2cccn2)nn1)c1cncc(Br)c1. The minimum atomic E-state index is -0.175. The lowest BCUT2D eigenvalue weighted by molar-refractivity contribution is 0.0954. The zero-order valence-electron chi connectivity index (χ0n) is 12.6. The number of nitrogens with zero attached hydrogens (tertiary/aromatic N) is 5. The third-order valence-electron chi connectivity index (χ3n) is 3.07. The second-order valence-corrected chi connectivity index (χ2v) is 5.72. The van der Waals surface area contributed by atoms with Crippen LogP contribution in [-0.4, -0.2) is 44.0 Å². The molecule has 3 aromatic heterocycles. The van der Waals surface area contributed by atoms with Crippen LogP contribution in [0.3, 0.4) is 0 Å². The summed E-state index contributed by atoms with van der Waals surface area (Å²) in [4.78, 5) is 15.9. The van der Waals surface area contributed by atoms with Crippen molar-refractivity contribution in [3.8, 4) is 5.82 Å². The molecule has 9 heteroatoms.